The van der Waals surface area contributed by atoms with Crippen LogP contribution < -0.4 is 9.47 Å². The molecule has 8 heteroatoms. The summed E-state index contributed by atoms with van der Waals surface area (Å²) in [5.41, 5.74) is 2.72. The van der Waals surface area contributed by atoms with Gasteiger partial charge in [-0.05, 0) is 36.6 Å². The normalized spacial score (nSPS) is 14.1. The van der Waals surface area contributed by atoms with Crippen molar-refractivity contribution in [2.24, 2.45) is 0 Å². The summed E-state index contributed by atoms with van der Waals surface area (Å²) >= 11 is 0. The fraction of sp³-hybridized carbons (Fsp3) is 0.350. The Balaban J connectivity index is 1.56. The second-order valence-electron chi connectivity index (χ2n) is 6.76. The lowest BCUT2D eigenvalue weighted by molar-refractivity contribution is 0.0735. The predicted molar refractivity (Wildman–Crippen MR) is 102 cm³/mol. The van der Waals surface area contributed by atoms with Gasteiger partial charge in [-0.3, -0.25) is 4.79 Å². The van der Waals surface area contributed by atoms with Crippen LogP contribution in [-0.2, 0) is 6.42 Å². The van der Waals surface area contributed by atoms with Crippen LogP contribution in [0.3, 0.4) is 0 Å². The van der Waals surface area contributed by atoms with Crippen LogP contribution in [0.1, 0.15) is 34.6 Å². The Morgan fingerprint density at radius 3 is 2.86 bits per heavy atom. The van der Waals surface area contributed by atoms with E-state index in [1.807, 2.05) is 25.1 Å². The molecule has 0 saturated carbocycles. The molecule has 2 aromatic heterocycles. The maximum atomic E-state index is 13.0. The van der Waals surface area contributed by atoms with E-state index in [1.165, 1.54) is 0 Å². The third-order valence-electron chi connectivity index (χ3n) is 4.94. The molecule has 1 aromatic carbocycles. The summed E-state index contributed by atoms with van der Waals surface area (Å²) in [5, 5.41) is 13.4. The molecule has 0 fully saturated rings. The van der Waals surface area contributed by atoms with Crippen LogP contribution in [0.15, 0.2) is 36.7 Å². The van der Waals surface area contributed by atoms with E-state index in [-0.39, 0.29) is 18.6 Å². The number of hydrogen-bond acceptors (Lipinski definition) is 6. The summed E-state index contributed by atoms with van der Waals surface area (Å²) in [6, 6.07) is 7.21. The van der Waals surface area contributed by atoms with Crippen LogP contribution in [-0.4, -0.2) is 57.4 Å². The molecule has 1 N–H and O–H groups in total. The Labute approximate surface area is 162 Å². The molecule has 0 bridgehead atoms. The van der Waals surface area contributed by atoms with Gasteiger partial charge >= 0.3 is 0 Å². The lowest BCUT2D eigenvalue weighted by atomic mass is 10.1. The van der Waals surface area contributed by atoms with Crippen molar-refractivity contribution in [3.8, 4) is 11.5 Å². The maximum Gasteiger partial charge on any atom is 0.274 e. The first kappa shape index (κ1) is 18.2. The number of benzene rings is 1. The number of nitrogens with zero attached hydrogens (tertiary/aromatic N) is 4. The lowest BCUT2D eigenvalue weighted by Gasteiger charge is -2.26. The minimum absolute atomic E-state index is 0.0377. The molecule has 1 unspecified atom stereocenters. The van der Waals surface area contributed by atoms with E-state index in [1.54, 1.807) is 34.9 Å². The fourth-order valence-corrected chi connectivity index (χ4v) is 3.18. The summed E-state index contributed by atoms with van der Waals surface area (Å²) in [6.45, 7) is 3.06. The Morgan fingerprint density at radius 2 is 2.07 bits per heavy atom. The second-order valence-corrected chi connectivity index (χ2v) is 6.76. The van der Waals surface area contributed by atoms with Gasteiger partial charge in [0.25, 0.3) is 5.91 Å². The highest BCUT2D eigenvalue weighted by Crippen LogP contribution is 2.34. The predicted octanol–water partition coefficient (Wildman–Crippen LogP) is 1.87. The van der Waals surface area contributed by atoms with Crippen LogP contribution in [0.25, 0.3) is 5.65 Å². The quantitative estimate of drug-likeness (QED) is 0.725. The van der Waals surface area contributed by atoms with Crippen molar-refractivity contribution in [2.75, 3.05) is 26.9 Å². The topological polar surface area (TPSA) is 89.2 Å². The van der Waals surface area contributed by atoms with Crippen molar-refractivity contribution in [2.45, 2.75) is 19.4 Å². The van der Waals surface area contributed by atoms with Crippen molar-refractivity contribution in [3.05, 3.63) is 53.5 Å². The van der Waals surface area contributed by atoms with E-state index in [4.69, 9.17) is 14.6 Å². The Hall–Kier alpha value is -3.13. The number of amides is 1. The molecule has 4 rings (SSSR count). The molecule has 1 aliphatic rings. The van der Waals surface area contributed by atoms with Gasteiger partial charge in [0.15, 0.2) is 22.8 Å². The molecule has 1 atom stereocenters. The summed E-state index contributed by atoms with van der Waals surface area (Å²) in [7, 11) is 1.75. The van der Waals surface area contributed by atoms with Gasteiger partial charge in [0.05, 0.1) is 6.04 Å². The van der Waals surface area contributed by atoms with Crippen molar-refractivity contribution < 1.29 is 19.4 Å². The molecular weight excluding hydrogens is 360 g/mol. The van der Waals surface area contributed by atoms with E-state index in [0.29, 0.717) is 36.7 Å². The Bertz CT molecular complexity index is 1020. The molecule has 146 valence electrons. The van der Waals surface area contributed by atoms with Crippen LogP contribution >= 0.6 is 0 Å². The van der Waals surface area contributed by atoms with E-state index >= 15 is 0 Å². The van der Waals surface area contributed by atoms with Crippen molar-refractivity contribution in [3.63, 3.8) is 0 Å². The van der Waals surface area contributed by atoms with E-state index in [9.17, 15) is 4.79 Å². The number of fused-ring (bicyclic) bond motifs is 2. The van der Waals surface area contributed by atoms with E-state index in [0.717, 1.165) is 16.9 Å². The summed E-state index contributed by atoms with van der Waals surface area (Å²) < 4.78 is 12.8. The standard InChI is InChI=1S/C20H22N4O4/c1-13(15-3-4-17-18(9-15)28-8-7-27-17)23(2)20(26)16-10-19-21-11-14(5-6-25)12-24(19)22-16/h3-4,9-13,25H,5-8H2,1-2H3. The first-order chi connectivity index (χ1) is 13.6. The Morgan fingerprint density at radius 1 is 1.29 bits per heavy atom. The van der Waals surface area contributed by atoms with Gasteiger partial charge in [-0.15, -0.1) is 0 Å². The third kappa shape index (κ3) is 3.38. The molecule has 0 spiro atoms. The maximum absolute atomic E-state index is 13.0. The van der Waals surface area contributed by atoms with Gasteiger partial charge < -0.3 is 19.5 Å². The molecule has 3 aromatic rings. The van der Waals surface area contributed by atoms with Crippen molar-refractivity contribution >= 4 is 11.6 Å². The average molecular weight is 382 g/mol. The summed E-state index contributed by atoms with van der Waals surface area (Å²) in [5.74, 6) is 1.22. The third-order valence-corrected chi connectivity index (χ3v) is 4.94. The highest BCUT2D eigenvalue weighted by molar-refractivity contribution is 5.93. The van der Waals surface area contributed by atoms with Gasteiger partial charge in [-0.2, -0.15) is 5.10 Å². The average Bonchev–Trinajstić information content (AvgIpc) is 3.15. The number of ether oxygens (including phenoxy) is 2. The largest absolute Gasteiger partial charge is 0.486 e. The van der Waals surface area contributed by atoms with Gasteiger partial charge in [0.2, 0.25) is 0 Å². The SMILES string of the molecule is CC(c1ccc2c(c1)OCCO2)N(C)C(=O)c1cc2ncc(CCO)cn2n1. The van der Waals surface area contributed by atoms with E-state index < -0.39 is 0 Å². The first-order valence-electron chi connectivity index (χ1n) is 9.18. The molecule has 0 aliphatic carbocycles. The van der Waals surface area contributed by atoms with Gasteiger partial charge in [0.1, 0.15) is 13.2 Å². The highest BCUT2D eigenvalue weighted by atomic mass is 16.6. The van der Waals surface area contributed by atoms with Gasteiger partial charge in [-0.25, -0.2) is 9.50 Å². The molecule has 0 radical (unpaired) electrons. The van der Waals surface area contributed by atoms with Crippen molar-refractivity contribution in [1.82, 2.24) is 19.5 Å². The van der Waals surface area contributed by atoms with E-state index in [2.05, 4.69) is 10.1 Å². The zero-order valence-electron chi connectivity index (χ0n) is 15.8. The highest BCUT2D eigenvalue weighted by Gasteiger charge is 2.23. The van der Waals surface area contributed by atoms with Crippen molar-refractivity contribution in [1.29, 1.82) is 0 Å². The molecule has 1 amide bonds. The second kappa shape index (κ2) is 7.47. The molecule has 3 heterocycles. The summed E-state index contributed by atoms with van der Waals surface area (Å²) in [6.07, 6.45) is 3.95. The number of aliphatic hydroxyl groups is 1. The van der Waals surface area contributed by atoms with Crippen LogP contribution in [0.2, 0.25) is 0 Å². The molecular formula is C20H22N4O4. The molecule has 8 nitrogen and oxygen atoms in total. The monoisotopic (exact) mass is 382 g/mol. The first-order valence-corrected chi connectivity index (χ1v) is 9.18. The fourth-order valence-electron chi connectivity index (χ4n) is 3.18. The Kier molecular flexibility index (Phi) is 4.87. The number of aromatic nitrogens is 3. The number of carbonyl (C=O) groups excluding carboxylic acids is 1. The molecule has 1 aliphatic heterocycles. The molecule has 28 heavy (non-hydrogen) atoms. The number of aliphatic hydroxyl groups excluding tert-OH is 1. The smallest absolute Gasteiger partial charge is 0.274 e. The molecule has 0 saturated heterocycles. The van der Waals surface area contributed by atoms with Crippen LogP contribution in [0.5, 0.6) is 11.5 Å². The summed E-state index contributed by atoms with van der Waals surface area (Å²) in [4.78, 5) is 18.9. The number of carbonyl (C=O) groups is 1. The van der Waals surface area contributed by atoms with Gasteiger partial charge in [0, 0.05) is 32.1 Å². The van der Waals surface area contributed by atoms with Crippen LogP contribution in [0, 0.1) is 0 Å². The number of hydrogen-bond donors (Lipinski definition) is 1. The zero-order chi connectivity index (χ0) is 19.7. The minimum Gasteiger partial charge on any atom is -0.486 e. The van der Waals surface area contributed by atoms with Gasteiger partial charge in [-0.1, -0.05) is 6.07 Å². The zero-order valence-corrected chi connectivity index (χ0v) is 15.8. The lowest BCUT2D eigenvalue weighted by Crippen LogP contribution is -2.30. The van der Waals surface area contributed by atoms with Crippen LogP contribution in [0.4, 0.5) is 0 Å². The number of rotatable bonds is 5. The minimum atomic E-state index is -0.198.